The molecule has 7 nitrogen and oxygen atoms in total. The minimum absolute atomic E-state index is 0.188. The largest absolute Gasteiger partial charge is 0.444 e. The number of carbonyl (C=O) groups excluding carboxylic acids is 3. The van der Waals surface area contributed by atoms with Crippen LogP contribution in [0, 0.1) is 0 Å². The van der Waals surface area contributed by atoms with Gasteiger partial charge in [0.25, 0.3) is 11.8 Å². The summed E-state index contributed by atoms with van der Waals surface area (Å²) in [6, 6.07) is 5.94. The first-order chi connectivity index (χ1) is 13.9. The normalized spacial score (nSPS) is 21.3. The third kappa shape index (κ3) is 4.23. The van der Waals surface area contributed by atoms with Crippen molar-refractivity contribution in [3.05, 3.63) is 47.4 Å². The maximum atomic E-state index is 14.7. The van der Waals surface area contributed by atoms with Crippen molar-refractivity contribution in [2.75, 3.05) is 6.61 Å². The van der Waals surface area contributed by atoms with Crippen LogP contribution in [0.1, 0.15) is 68.2 Å². The fourth-order valence-corrected chi connectivity index (χ4v) is 3.65. The van der Waals surface area contributed by atoms with Crippen LogP contribution in [0.2, 0.25) is 0 Å². The van der Waals surface area contributed by atoms with Gasteiger partial charge >= 0.3 is 6.09 Å². The molecular formula is C22H27FN2O5. The lowest BCUT2D eigenvalue weighted by Crippen LogP contribution is -2.49. The van der Waals surface area contributed by atoms with Gasteiger partial charge < -0.3 is 9.47 Å². The molecule has 0 saturated carbocycles. The average Bonchev–Trinajstić information content (AvgIpc) is 3.07. The fourth-order valence-electron chi connectivity index (χ4n) is 3.65. The maximum Gasteiger partial charge on any atom is 0.412 e. The van der Waals surface area contributed by atoms with E-state index in [9.17, 15) is 18.8 Å². The van der Waals surface area contributed by atoms with Crippen LogP contribution in [-0.4, -0.2) is 51.7 Å². The third-order valence-corrected chi connectivity index (χ3v) is 4.98. The number of halogens is 1. The molecule has 2 aliphatic heterocycles. The molecule has 0 spiro atoms. The Kier molecular flexibility index (Phi) is 5.73. The smallest absolute Gasteiger partial charge is 0.412 e. The second-order valence-corrected chi connectivity index (χ2v) is 8.86. The molecule has 0 N–H and O–H groups in total. The molecule has 0 aliphatic carbocycles. The van der Waals surface area contributed by atoms with E-state index < -0.39 is 35.2 Å². The summed E-state index contributed by atoms with van der Waals surface area (Å²) >= 11 is 0. The molecule has 30 heavy (non-hydrogen) atoms. The molecule has 0 radical (unpaired) electrons. The van der Waals surface area contributed by atoms with Crippen molar-refractivity contribution in [3.8, 4) is 0 Å². The lowest BCUT2D eigenvalue weighted by atomic mass is 10.1. The van der Waals surface area contributed by atoms with Crippen molar-refractivity contribution >= 4 is 17.9 Å². The highest BCUT2D eigenvalue weighted by Crippen LogP contribution is 2.32. The number of ether oxygens (including phenoxy) is 2. The summed E-state index contributed by atoms with van der Waals surface area (Å²) in [6.07, 6.45) is 1.29. The summed E-state index contributed by atoms with van der Waals surface area (Å²) in [5.74, 6) is -2.27. The molecule has 1 aromatic carbocycles. The molecule has 1 saturated heterocycles. The monoisotopic (exact) mass is 418 g/mol. The maximum absolute atomic E-state index is 14.7. The highest BCUT2D eigenvalue weighted by molar-refractivity contribution is 6.22. The number of imide groups is 1. The Hall–Kier alpha value is -2.74. The van der Waals surface area contributed by atoms with Gasteiger partial charge in [-0.05, 0) is 65.7 Å². The van der Waals surface area contributed by atoms with Crippen molar-refractivity contribution in [3.63, 3.8) is 0 Å². The minimum atomic E-state index is -0.914. The Morgan fingerprint density at radius 3 is 2.33 bits per heavy atom. The zero-order valence-electron chi connectivity index (χ0n) is 17.9. The zero-order valence-corrected chi connectivity index (χ0v) is 17.9. The van der Waals surface area contributed by atoms with E-state index in [1.54, 1.807) is 46.8 Å². The predicted octanol–water partition coefficient (Wildman–Crippen LogP) is 4.25. The van der Waals surface area contributed by atoms with E-state index in [0.29, 0.717) is 11.3 Å². The Labute approximate surface area is 175 Å². The number of carbonyl (C=O) groups is 3. The van der Waals surface area contributed by atoms with Crippen molar-refractivity contribution in [1.29, 1.82) is 0 Å². The number of hydrogen-bond donors (Lipinski definition) is 0. The molecule has 1 unspecified atom stereocenters. The quantitative estimate of drug-likeness (QED) is 0.540. The molecule has 2 aliphatic rings. The van der Waals surface area contributed by atoms with E-state index in [0.717, 1.165) is 0 Å². The lowest BCUT2D eigenvalue weighted by molar-refractivity contribution is -0.0626. The van der Waals surface area contributed by atoms with Crippen LogP contribution in [-0.2, 0) is 9.47 Å². The van der Waals surface area contributed by atoms with E-state index in [-0.39, 0.29) is 30.2 Å². The van der Waals surface area contributed by atoms with Crippen molar-refractivity contribution in [2.45, 2.75) is 64.8 Å². The van der Waals surface area contributed by atoms with Crippen LogP contribution < -0.4 is 0 Å². The molecule has 3 amide bonds. The highest BCUT2D eigenvalue weighted by atomic mass is 19.1. The number of allylic oxidation sites excluding steroid dienone is 1. The van der Waals surface area contributed by atoms with Gasteiger partial charge in [-0.15, -0.1) is 0 Å². The first-order valence-corrected chi connectivity index (χ1v) is 9.92. The van der Waals surface area contributed by atoms with E-state index in [2.05, 4.69) is 0 Å². The number of fused-ring (bicyclic) bond motifs is 1. The van der Waals surface area contributed by atoms with Gasteiger partial charge in [0.1, 0.15) is 11.3 Å². The van der Waals surface area contributed by atoms with Crippen LogP contribution in [0.4, 0.5) is 9.18 Å². The summed E-state index contributed by atoms with van der Waals surface area (Å²) in [7, 11) is 0. The fraction of sp³-hybridized carbons (Fsp3) is 0.500. The number of amides is 3. The molecule has 3 rings (SSSR count). The molecule has 0 aromatic heterocycles. The van der Waals surface area contributed by atoms with Gasteiger partial charge in [0.15, 0.2) is 5.95 Å². The predicted molar refractivity (Wildman–Crippen MR) is 107 cm³/mol. The Morgan fingerprint density at radius 1 is 1.23 bits per heavy atom. The van der Waals surface area contributed by atoms with Gasteiger partial charge in [0.2, 0.25) is 0 Å². The molecule has 1 fully saturated rings. The first kappa shape index (κ1) is 22.0. The molecule has 0 bridgehead atoms. The molecule has 162 valence electrons. The summed E-state index contributed by atoms with van der Waals surface area (Å²) in [4.78, 5) is 39.4. The standard InChI is InChI=1S/C22H27FN2O5/c1-21(2,3)30-20(28)25-14(13-29-22(25,4)5)9-8-12-17(23)24-18(26)15-10-6-7-11-16(15)19(24)27/h6-7,10-12,14H,8-9,13H2,1-5H3/b17-12+. The van der Waals surface area contributed by atoms with Gasteiger partial charge in [-0.25, -0.2) is 9.69 Å². The number of benzene rings is 1. The number of rotatable bonds is 4. The van der Waals surface area contributed by atoms with Crippen LogP contribution >= 0.6 is 0 Å². The van der Waals surface area contributed by atoms with Crippen LogP contribution in [0.5, 0.6) is 0 Å². The summed E-state index contributed by atoms with van der Waals surface area (Å²) in [6.45, 7) is 9.17. The number of nitrogens with zero attached hydrogens (tertiary/aromatic N) is 2. The van der Waals surface area contributed by atoms with Crippen molar-refractivity contribution in [2.24, 2.45) is 0 Å². The SMILES string of the molecule is CC(C)(C)OC(=O)N1C(CC/C=C(\F)N2C(=O)c3ccccc3C2=O)COC1(C)C. The van der Waals surface area contributed by atoms with E-state index in [1.165, 1.54) is 23.1 Å². The molecule has 2 heterocycles. The number of hydrogen-bond acceptors (Lipinski definition) is 5. The lowest BCUT2D eigenvalue weighted by Gasteiger charge is -2.35. The zero-order chi connectivity index (χ0) is 22.3. The average molecular weight is 418 g/mol. The van der Waals surface area contributed by atoms with E-state index in [1.807, 2.05) is 0 Å². The Balaban J connectivity index is 1.68. The van der Waals surface area contributed by atoms with E-state index >= 15 is 0 Å². The Bertz CT molecular complexity index is 868. The second-order valence-electron chi connectivity index (χ2n) is 8.86. The summed E-state index contributed by atoms with van der Waals surface area (Å²) in [5, 5.41) is 0. The molecule has 1 atom stereocenters. The topological polar surface area (TPSA) is 76.2 Å². The van der Waals surface area contributed by atoms with Gasteiger partial charge in [0.05, 0.1) is 23.8 Å². The van der Waals surface area contributed by atoms with Gasteiger partial charge in [-0.1, -0.05) is 12.1 Å². The van der Waals surface area contributed by atoms with Crippen molar-refractivity contribution < 1.29 is 28.2 Å². The van der Waals surface area contributed by atoms with Crippen LogP contribution in [0.3, 0.4) is 0 Å². The van der Waals surface area contributed by atoms with Gasteiger partial charge in [-0.3, -0.25) is 14.5 Å². The minimum Gasteiger partial charge on any atom is -0.444 e. The van der Waals surface area contributed by atoms with Gasteiger partial charge in [0, 0.05) is 0 Å². The highest BCUT2D eigenvalue weighted by Gasteiger charge is 2.45. The van der Waals surface area contributed by atoms with Crippen LogP contribution in [0.15, 0.2) is 36.3 Å². The second kappa shape index (κ2) is 7.83. The summed E-state index contributed by atoms with van der Waals surface area (Å²) < 4.78 is 25.9. The first-order valence-electron chi connectivity index (χ1n) is 9.92. The molecule has 8 heteroatoms. The Morgan fingerprint density at radius 2 is 1.80 bits per heavy atom. The summed E-state index contributed by atoms with van der Waals surface area (Å²) in [5.41, 5.74) is -1.13. The molecular weight excluding hydrogens is 391 g/mol. The van der Waals surface area contributed by atoms with Crippen molar-refractivity contribution in [1.82, 2.24) is 9.80 Å². The van der Waals surface area contributed by atoms with Gasteiger partial charge in [-0.2, -0.15) is 4.39 Å². The molecule has 1 aromatic rings. The van der Waals surface area contributed by atoms with E-state index in [4.69, 9.17) is 9.47 Å². The third-order valence-electron chi connectivity index (χ3n) is 4.98. The van der Waals surface area contributed by atoms with Crippen LogP contribution in [0.25, 0.3) is 0 Å².